The molecule has 5 nitrogen and oxygen atoms in total. The van der Waals surface area contributed by atoms with Crippen molar-refractivity contribution < 1.29 is 0 Å². The van der Waals surface area contributed by atoms with Gasteiger partial charge in [0.2, 0.25) is 0 Å². The highest BCUT2D eigenvalue weighted by Gasteiger charge is 2.29. The van der Waals surface area contributed by atoms with Crippen LogP contribution in [-0.4, -0.2) is 29.4 Å². The normalized spacial score (nSPS) is 22.8. The highest BCUT2D eigenvalue weighted by molar-refractivity contribution is 6.33. The first kappa shape index (κ1) is 15.3. The predicted molar refractivity (Wildman–Crippen MR) is 82.4 cm³/mol. The van der Waals surface area contributed by atoms with Gasteiger partial charge in [-0.25, -0.2) is 4.68 Å². The van der Waals surface area contributed by atoms with Gasteiger partial charge in [0, 0.05) is 19.6 Å². The first-order chi connectivity index (χ1) is 9.60. The topological polar surface area (TPSA) is 64.2 Å². The van der Waals surface area contributed by atoms with Crippen molar-refractivity contribution in [3.05, 3.63) is 21.6 Å². The molecule has 0 amide bonds. The number of rotatable bonds is 4. The molecule has 0 spiro atoms. The molecule has 1 aliphatic carbocycles. The Balaban J connectivity index is 2.30. The zero-order valence-corrected chi connectivity index (χ0v) is 12.9. The number of hydrogen-bond donors (Lipinski definition) is 1. The Morgan fingerprint density at radius 3 is 2.85 bits per heavy atom. The van der Waals surface area contributed by atoms with Gasteiger partial charge in [0.05, 0.1) is 11.9 Å². The molecule has 1 aromatic heterocycles. The fourth-order valence-corrected chi connectivity index (χ4v) is 3.36. The van der Waals surface area contributed by atoms with Crippen LogP contribution in [0.15, 0.2) is 11.0 Å². The van der Waals surface area contributed by atoms with E-state index < -0.39 is 0 Å². The molecule has 20 heavy (non-hydrogen) atoms. The lowest BCUT2D eigenvalue weighted by Crippen LogP contribution is -2.44. The average Bonchev–Trinajstić information content (AvgIpc) is 2.49. The van der Waals surface area contributed by atoms with Crippen LogP contribution in [0.3, 0.4) is 0 Å². The summed E-state index contributed by atoms with van der Waals surface area (Å²) in [5.74, 6) is 0.457. The Labute approximate surface area is 124 Å². The molecule has 2 atom stereocenters. The standard InChI is InChI=1S/C14H23ClN4O/c1-3-19-14(20)13(15)12(9-17-19)18(2)11-7-5-4-6-10(11)8-16/h9-11H,3-8,16H2,1-2H3. The molecule has 0 radical (unpaired) electrons. The van der Waals surface area contributed by atoms with E-state index in [2.05, 4.69) is 10.00 Å². The van der Waals surface area contributed by atoms with Crippen LogP contribution in [0.2, 0.25) is 5.02 Å². The Kier molecular flexibility index (Phi) is 5.05. The minimum atomic E-state index is -0.223. The van der Waals surface area contributed by atoms with Crippen molar-refractivity contribution in [1.82, 2.24) is 9.78 Å². The van der Waals surface area contributed by atoms with Crippen molar-refractivity contribution in [2.45, 2.75) is 45.2 Å². The van der Waals surface area contributed by atoms with E-state index in [1.165, 1.54) is 17.5 Å². The lowest BCUT2D eigenvalue weighted by molar-refractivity contribution is 0.306. The van der Waals surface area contributed by atoms with E-state index in [0.717, 1.165) is 12.8 Å². The first-order valence-corrected chi connectivity index (χ1v) is 7.66. The first-order valence-electron chi connectivity index (χ1n) is 7.28. The quantitative estimate of drug-likeness (QED) is 0.922. The largest absolute Gasteiger partial charge is 0.369 e. The Hall–Kier alpha value is -1.07. The molecule has 0 bridgehead atoms. The molecule has 6 heteroatoms. The number of aryl methyl sites for hydroxylation is 1. The molecule has 2 N–H and O–H groups in total. The van der Waals surface area contributed by atoms with E-state index in [1.54, 1.807) is 6.20 Å². The second kappa shape index (κ2) is 6.59. The van der Waals surface area contributed by atoms with Gasteiger partial charge >= 0.3 is 0 Å². The molecule has 112 valence electrons. The summed E-state index contributed by atoms with van der Waals surface area (Å²) in [5.41, 5.74) is 6.37. The highest BCUT2D eigenvalue weighted by atomic mass is 35.5. The van der Waals surface area contributed by atoms with Gasteiger partial charge in [0.1, 0.15) is 5.02 Å². The van der Waals surface area contributed by atoms with Gasteiger partial charge in [-0.3, -0.25) is 4.79 Å². The van der Waals surface area contributed by atoms with Crippen LogP contribution in [0.5, 0.6) is 0 Å². The predicted octanol–water partition coefficient (Wildman–Crippen LogP) is 1.87. The smallest absolute Gasteiger partial charge is 0.287 e. The highest BCUT2D eigenvalue weighted by Crippen LogP contribution is 2.31. The van der Waals surface area contributed by atoms with E-state index in [0.29, 0.717) is 30.7 Å². The van der Waals surface area contributed by atoms with Crippen molar-refractivity contribution in [3.8, 4) is 0 Å². The minimum Gasteiger partial charge on any atom is -0.369 e. The lowest BCUT2D eigenvalue weighted by Gasteiger charge is -2.38. The molecule has 1 fully saturated rings. The fraction of sp³-hybridized carbons (Fsp3) is 0.714. The summed E-state index contributed by atoms with van der Waals surface area (Å²) >= 11 is 6.24. The van der Waals surface area contributed by atoms with Gasteiger partial charge < -0.3 is 10.6 Å². The van der Waals surface area contributed by atoms with Crippen molar-refractivity contribution in [3.63, 3.8) is 0 Å². The van der Waals surface area contributed by atoms with Crippen LogP contribution in [-0.2, 0) is 6.54 Å². The van der Waals surface area contributed by atoms with Crippen molar-refractivity contribution in [2.24, 2.45) is 11.7 Å². The van der Waals surface area contributed by atoms with Gasteiger partial charge in [-0.15, -0.1) is 0 Å². The molecule has 2 unspecified atom stereocenters. The lowest BCUT2D eigenvalue weighted by atomic mass is 9.83. The number of nitrogens with two attached hydrogens (primary N) is 1. The Morgan fingerprint density at radius 2 is 2.20 bits per heavy atom. The van der Waals surface area contributed by atoms with Gasteiger partial charge in [-0.05, 0) is 32.2 Å². The van der Waals surface area contributed by atoms with Gasteiger partial charge in [-0.2, -0.15) is 5.10 Å². The maximum atomic E-state index is 12.1. The molecule has 1 saturated carbocycles. The summed E-state index contributed by atoms with van der Waals surface area (Å²) in [5, 5.41) is 4.43. The van der Waals surface area contributed by atoms with E-state index in [9.17, 15) is 4.79 Å². The van der Waals surface area contributed by atoms with Crippen LogP contribution >= 0.6 is 11.6 Å². The molecule has 1 heterocycles. The van der Waals surface area contributed by atoms with Crippen LogP contribution in [0.1, 0.15) is 32.6 Å². The van der Waals surface area contributed by atoms with Crippen LogP contribution in [0.4, 0.5) is 5.69 Å². The van der Waals surface area contributed by atoms with Crippen molar-refractivity contribution in [2.75, 3.05) is 18.5 Å². The molecule has 1 aliphatic rings. The molecular formula is C14H23ClN4O. The maximum Gasteiger partial charge on any atom is 0.287 e. The number of halogens is 1. The zero-order valence-electron chi connectivity index (χ0n) is 12.2. The number of anilines is 1. The fourth-order valence-electron chi connectivity index (χ4n) is 3.08. The molecule has 0 saturated heterocycles. The number of nitrogens with zero attached hydrogens (tertiary/aromatic N) is 3. The van der Waals surface area contributed by atoms with Crippen LogP contribution < -0.4 is 16.2 Å². The summed E-state index contributed by atoms with van der Waals surface area (Å²) in [4.78, 5) is 14.2. The van der Waals surface area contributed by atoms with E-state index in [1.807, 2.05) is 14.0 Å². The maximum absolute atomic E-state index is 12.1. The van der Waals surface area contributed by atoms with Crippen molar-refractivity contribution in [1.29, 1.82) is 0 Å². The van der Waals surface area contributed by atoms with Crippen molar-refractivity contribution >= 4 is 17.3 Å². The van der Waals surface area contributed by atoms with Gasteiger partial charge in [-0.1, -0.05) is 24.4 Å². The molecule has 2 rings (SSSR count). The third-order valence-electron chi connectivity index (χ3n) is 4.32. The third kappa shape index (κ3) is 2.83. The van der Waals surface area contributed by atoms with Crippen LogP contribution in [0.25, 0.3) is 0 Å². The monoisotopic (exact) mass is 298 g/mol. The minimum absolute atomic E-state index is 0.223. The number of aromatic nitrogens is 2. The number of hydrogen-bond acceptors (Lipinski definition) is 4. The Bertz CT molecular complexity index is 516. The SMILES string of the molecule is CCn1ncc(N(C)C2CCCCC2CN)c(Cl)c1=O. The summed E-state index contributed by atoms with van der Waals surface area (Å²) in [7, 11) is 1.98. The van der Waals surface area contributed by atoms with E-state index in [4.69, 9.17) is 17.3 Å². The molecular weight excluding hydrogens is 276 g/mol. The second-order valence-electron chi connectivity index (χ2n) is 5.42. The summed E-state index contributed by atoms with van der Waals surface area (Å²) in [6, 6.07) is 0.338. The zero-order chi connectivity index (χ0) is 14.7. The average molecular weight is 299 g/mol. The van der Waals surface area contributed by atoms with E-state index in [-0.39, 0.29) is 10.6 Å². The van der Waals surface area contributed by atoms with E-state index >= 15 is 0 Å². The molecule has 0 aromatic carbocycles. The Morgan fingerprint density at radius 1 is 1.50 bits per heavy atom. The third-order valence-corrected chi connectivity index (χ3v) is 4.67. The second-order valence-corrected chi connectivity index (χ2v) is 5.80. The summed E-state index contributed by atoms with van der Waals surface area (Å²) in [6.45, 7) is 3.07. The van der Waals surface area contributed by atoms with Gasteiger partial charge in [0.25, 0.3) is 5.56 Å². The van der Waals surface area contributed by atoms with Crippen LogP contribution in [0, 0.1) is 5.92 Å². The van der Waals surface area contributed by atoms with Gasteiger partial charge in [0.15, 0.2) is 0 Å². The summed E-state index contributed by atoms with van der Waals surface area (Å²) in [6.07, 6.45) is 6.35. The molecule has 1 aromatic rings. The summed E-state index contributed by atoms with van der Waals surface area (Å²) < 4.78 is 1.38. The molecule has 0 aliphatic heterocycles.